The first-order valence-corrected chi connectivity index (χ1v) is 5.53. The van der Waals surface area contributed by atoms with Gasteiger partial charge in [0, 0.05) is 6.42 Å². The van der Waals surface area contributed by atoms with E-state index in [-0.39, 0.29) is 12.1 Å². The maximum Gasteiger partial charge on any atom is 0.354 e. The van der Waals surface area contributed by atoms with Crippen molar-refractivity contribution in [3.63, 3.8) is 0 Å². The highest BCUT2D eigenvalue weighted by atomic mass is 79.9. The number of methoxy groups -OCH3 is 1. The number of hydrogen-bond donors (Lipinski definition) is 1. The van der Waals surface area contributed by atoms with Crippen molar-refractivity contribution in [3.8, 4) is 5.75 Å². The van der Waals surface area contributed by atoms with Crippen molar-refractivity contribution in [2.45, 2.75) is 6.42 Å². The van der Waals surface area contributed by atoms with Crippen molar-refractivity contribution >= 4 is 27.6 Å². The number of benzene rings is 1. The van der Waals surface area contributed by atoms with Crippen LogP contribution in [0.3, 0.4) is 0 Å². The summed E-state index contributed by atoms with van der Waals surface area (Å²) in [6.07, 6.45) is 0.186. The van der Waals surface area contributed by atoms with Crippen molar-refractivity contribution in [1.29, 1.82) is 0 Å². The molecule has 0 aliphatic carbocycles. The molecule has 1 N–H and O–H groups in total. The molecule has 0 radical (unpaired) electrons. The van der Waals surface area contributed by atoms with Crippen LogP contribution in [0.5, 0.6) is 5.75 Å². The van der Waals surface area contributed by atoms with Crippen LogP contribution in [0.4, 0.5) is 0 Å². The van der Waals surface area contributed by atoms with E-state index in [2.05, 4.69) is 25.9 Å². The Kier molecular flexibility index (Phi) is 4.96. The predicted octanol–water partition coefficient (Wildman–Crippen LogP) is 2.09. The smallest absolute Gasteiger partial charge is 0.354 e. The molecule has 0 aromatic heterocycles. The zero-order chi connectivity index (χ0) is 12.8. The quantitative estimate of drug-likeness (QED) is 0.668. The second kappa shape index (κ2) is 6.24. The van der Waals surface area contributed by atoms with Gasteiger partial charge >= 0.3 is 5.97 Å². The zero-order valence-electron chi connectivity index (χ0n) is 9.44. The minimum absolute atomic E-state index is 0.0513. The minimum atomic E-state index is -1.10. The molecule has 6 heteroatoms. The molecule has 0 fully saturated rings. The van der Waals surface area contributed by atoms with Gasteiger partial charge in [0.1, 0.15) is 12.9 Å². The number of hydrogen-bond acceptors (Lipinski definition) is 4. The fourth-order valence-corrected chi connectivity index (χ4v) is 1.86. The van der Waals surface area contributed by atoms with Crippen LogP contribution in [0, 0.1) is 0 Å². The van der Waals surface area contributed by atoms with Gasteiger partial charge in [-0.2, -0.15) is 0 Å². The van der Waals surface area contributed by atoms with E-state index < -0.39 is 5.97 Å². The molecule has 0 saturated carbocycles. The van der Waals surface area contributed by atoms with Gasteiger partial charge in [0.15, 0.2) is 5.71 Å². The van der Waals surface area contributed by atoms with Crippen molar-refractivity contribution < 1.29 is 19.5 Å². The standard InChI is InChI=1S/C11H12BrNO4/c1-16-10-4-3-7(5-8(10)12)6-9(11(14)15)13-17-2/h3-5H,6H2,1-2H3,(H,14,15)/b13-9+. The molecule has 0 aliphatic rings. The summed E-state index contributed by atoms with van der Waals surface area (Å²) in [6, 6.07) is 5.32. The Morgan fingerprint density at radius 1 is 1.47 bits per heavy atom. The zero-order valence-corrected chi connectivity index (χ0v) is 11.0. The van der Waals surface area contributed by atoms with Gasteiger partial charge in [-0.25, -0.2) is 4.79 Å². The van der Waals surface area contributed by atoms with Crippen molar-refractivity contribution in [2.75, 3.05) is 14.2 Å². The van der Waals surface area contributed by atoms with E-state index in [1.807, 2.05) is 0 Å². The average Bonchev–Trinajstić information content (AvgIpc) is 2.28. The summed E-state index contributed by atoms with van der Waals surface area (Å²) < 4.78 is 5.85. The maximum absolute atomic E-state index is 10.9. The molecule has 0 amide bonds. The number of carboxylic acids is 1. The normalized spacial score (nSPS) is 11.1. The number of carboxylic acid groups (broad SMARTS) is 1. The largest absolute Gasteiger partial charge is 0.496 e. The summed E-state index contributed by atoms with van der Waals surface area (Å²) in [7, 11) is 2.88. The number of ether oxygens (including phenoxy) is 1. The van der Waals surface area contributed by atoms with E-state index in [0.29, 0.717) is 5.75 Å². The van der Waals surface area contributed by atoms with Gasteiger partial charge in [-0.15, -0.1) is 0 Å². The first-order valence-electron chi connectivity index (χ1n) is 4.74. The number of carbonyl (C=O) groups is 1. The molecule has 0 heterocycles. The number of oxime groups is 1. The second-order valence-corrected chi connectivity index (χ2v) is 4.03. The third-order valence-corrected chi connectivity index (χ3v) is 2.66. The van der Waals surface area contributed by atoms with E-state index in [4.69, 9.17) is 9.84 Å². The molecule has 17 heavy (non-hydrogen) atoms. The molecular weight excluding hydrogens is 290 g/mol. The van der Waals surface area contributed by atoms with Gasteiger partial charge < -0.3 is 14.7 Å². The van der Waals surface area contributed by atoms with Gasteiger partial charge in [0.25, 0.3) is 0 Å². The Morgan fingerprint density at radius 2 is 2.18 bits per heavy atom. The van der Waals surface area contributed by atoms with Crippen LogP contribution in [0.2, 0.25) is 0 Å². The van der Waals surface area contributed by atoms with Crippen LogP contribution in [0.15, 0.2) is 27.8 Å². The average molecular weight is 302 g/mol. The Hall–Kier alpha value is -1.56. The van der Waals surface area contributed by atoms with E-state index in [1.165, 1.54) is 7.11 Å². The lowest BCUT2D eigenvalue weighted by atomic mass is 10.1. The van der Waals surface area contributed by atoms with Gasteiger partial charge in [0.05, 0.1) is 11.6 Å². The number of nitrogens with zero attached hydrogens (tertiary/aromatic N) is 1. The third kappa shape index (κ3) is 3.74. The van der Waals surface area contributed by atoms with E-state index >= 15 is 0 Å². The SMILES string of the molecule is CO/N=C(\Cc1ccc(OC)c(Br)c1)C(=O)O. The van der Waals surface area contributed by atoms with Crippen LogP contribution in [-0.4, -0.2) is 31.0 Å². The summed E-state index contributed by atoms with van der Waals surface area (Å²) in [6.45, 7) is 0. The summed E-state index contributed by atoms with van der Waals surface area (Å²) in [4.78, 5) is 15.3. The van der Waals surface area contributed by atoms with Crippen LogP contribution in [0.25, 0.3) is 0 Å². The lowest BCUT2D eigenvalue weighted by Crippen LogP contribution is -2.16. The Bertz CT molecular complexity index is 445. The summed E-state index contributed by atoms with van der Waals surface area (Å²) >= 11 is 3.33. The highest BCUT2D eigenvalue weighted by Gasteiger charge is 2.12. The lowest BCUT2D eigenvalue weighted by molar-refractivity contribution is -0.129. The van der Waals surface area contributed by atoms with E-state index in [1.54, 1.807) is 25.3 Å². The summed E-state index contributed by atoms with van der Waals surface area (Å²) in [5.41, 5.74) is 0.750. The minimum Gasteiger partial charge on any atom is -0.496 e. The van der Waals surface area contributed by atoms with Crippen LogP contribution >= 0.6 is 15.9 Å². The van der Waals surface area contributed by atoms with E-state index in [0.717, 1.165) is 10.0 Å². The number of rotatable bonds is 5. The Balaban J connectivity index is 2.91. The molecule has 5 nitrogen and oxygen atoms in total. The van der Waals surface area contributed by atoms with Gasteiger partial charge in [-0.05, 0) is 33.6 Å². The first-order chi connectivity index (χ1) is 8.08. The van der Waals surface area contributed by atoms with Gasteiger partial charge in [-0.1, -0.05) is 11.2 Å². The molecule has 0 bridgehead atoms. The predicted molar refractivity (Wildman–Crippen MR) is 66.5 cm³/mol. The van der Waals surface area contributed by atoms with Crippen molar-refractivity contribution in [1.82, 2.24) is 0 Å². The number of aliphatic carboxylic acids is 1. The highest BCUT2D eigenvalue weighted by Crippen LogP contribution is 2.25. The molecule has 1 aromatic rings. The molecule has 0 atom stereocenters. The number of halogens is 1. The van der Waals surface area contributed by atoms with Crippen LogP contribution in [0.1, 0.15) is 5.56 Å². The molecule has 1 rings (SSSR count). The molecule has 0 aliphatic heterocycles. The Morgan fingerprint density at radius 3 is 2.65 bits per heavy atom. The monoisotopic (exact) mass is 301 g/mol. The third-order valence-electron chi connectivity index (χ3n) is 2.04. The van der Waals surface area contributed by atoms with E-state index in [9.17, 15) is 4.79 Å². The molecule has 1 aromatic carbocycles. The van der Waals surface area contributed by atoms with Crippen LogP contribution < -0.4 is 4.74 Å². The van der Waals surface area contributed by atoms with Crippen molar-refractivity contribution in [2.24, 2.45) is 5.16 Å². The summed E-state index contributed by atoms with van der Waals surface area (Å²) in [5.74, 6) is -0.409. The Labute approximate surface area is 107 Å². The second-order valence-electron chi connectivity index (χ2n) is 3.17. The summed E-state index contributed by atoms with van der Waals surface area (Å²) in [5, 5.41) is 12.4. The fraction of sp³-hybridized carbons (Fsp3) is 0.273. The first kappa shape index (κ1) is 13.5. The fourth-order valence-electron chi connectivity index (χ4n) is 1.27. The van der Waals surface area contributed by atoms with Crippen LogP contribution in [-0.2, 0) is 16.1 Å². The molecule has 92 valence electrons. The molecule has 0 saturated heterocycles. The lowest BCUT2D eigenvalue weighted by Gasteiger charge is -2.06. The molecular formula is C11H12BrNO4. The van der Waals surface area contributed by atoms with Crippen molar-refractivity contribution in [3.05, 3.63) is 28.2 Å². The molecule has 0 spiro atoms. The molecule has 0 unspecified atom stereocenters. The topological polar surface area (TPSA) is 68.1 Å². The van der Waals surface area contributed by atoms with Gasteiger partial charge in [0.2, 0.25) is 0 Å². The maximum atomic E-state index is 10.9. The highest BCUT2D eigenvalue weighted by molar-refractivity contribution is 9.10. The van der Waals surface area contributed by atoms with Gasteiger partial charge in [-0.3, -0.25) is 0 Å².